The molecule has 144 valence electrons. The Hall–Kier alpha value is -2.38. The smallest absolute Gasteiger partial charge is 0.309 e. The van der Waals surface area contributed by atoms with Crippen LogP contribution in [0.15, 0.2) is 6.07 Å². The molecule has 0 spiro atoms. The van der Waals surface area contributed by atoms with Crippen molar-refractivity contribution < 1.29 is 14.4 Å². The number of carbonyl (C=O) groups is 3. The highest BCUT2D eigenvalue weighted by Crippen LogP contribution is 2.44. The maximum absolute atomic E-state index is 13.1. The molecule has 1 aromatic rings. The van der Waals surface area contributed by atoms with Crippen LogP contribution in [0.2, 0.25) is 0 Å². The Morgan fingerprint density at radius 1 is 1.04 bits per heavy atom. The van der Waals surface area contributed by atoms with Gasteiger partial charge in [0.1, 0.15) is 17.9 Å². The van der Waals surface area contributed by atoms with Gasteiger partial charge in [-0.25, -0.2) is 9.69 Å². The molecule has 3 saturated heterocycles. The summed E-state index contributed by atoms with van der Waals surface area (Å²) in [7, 11) is 1.80. The van der Waals surface area contributed by atoms with Crippen LogP contribution in [0.5, 0.6) is 0 Å². The van der Waals surface area contributed by atoms with Crippen molar-refractivity contribution in [1.29, 1.82) is 0 Å². The van der Waals surface area contributed by atoms with E-state index in [-0.39, 0.29) is 29.9 Å². The molecule has 4 heterocycles. The van der Waals surface area contributed by atoms with Crippen LogP contribution in [0.3, 0.4) is 0 Å². The third kappa shape index (κ3) is 2.28. The van der Waals surface area contributed by atoms with Crippen LogP contribution < -0.4 is 4.90 Å². The van der Waals surface area contributed by atoms with Gasteiger partial charge in [-0.05, 0) is 38.5 Å². The van der Waals surface area contributed by atoms with Gasteiger partial charge in [0.2, 0.25) is 0 Å². The number of urea groups is 1. The minimum absolute atomic E-state index is 0.171. The molecule has 5 rings (SSSR count). The second-order valence-electron chi connectivity index (χ2n) is 8.32. The Bertz CT molecular complexity index is 833. The summed E-state index contributed by atoms with van der Waals surface area (Å²) in [6.45, 7) is 2.38. The Balaban J connectivity index is 1.40. The molecule has 4 aliphatic rings. The molecular weight excluding hydrogens is 346 g/mol. The average Bonchev–Trinajstić information content (AvgIpc) is 3.34. The van der Waals surface area contributed by atoms with Crippen LogP contribution in [0, 0.1) is 12.8 Å². The van der Waals surface area contributed by atoms with E-state index >= 15 is 0 Å². The van der Waals surface area contributed by atoms with Gasteiger partial charge in [0, 0.05) is 25.7 Å². The number of rotatable bonds is 2. The summed E-state index contributed by atoms with van der Waals surface area (Å²) in [5.41, 5.74) is 0.834. The van der Waals surface area contributed by atoms with Crippen molar-refractivity contribution in [2.24, 2.45) is 13.0 Å². The fourth-order valence-corrected chi connectivity index (χ4v) is 5.60. The van der Waals surface area contributed by atoms with Gasteiger partial charge < -0.3 is 4.90 Å². The Labute approximate surface area is 158 Å². The zero-order chi connectivity index (χ0) is 18.9. The van der Waals surface area contributed by atoms with E-state index in [4.69, 9.17) is 0 Å². The molecule has 1 aromatic heterocycles. The highest BCUT2D eigenvalue weighted by atomic mass is 16.2. The highest BCUT2D eigenvalue weighted by molar-refractivity contribution is 6.11. The summed E-state index contributed by atoms with van der Waals surface area (Å²) in [5.74, 6) is 0.816. The van der Waals surface area contributed by atoms with Crippen molar-refractivity contribution in [3.8, 4) is 0 Å². The Kier molecular flexibility index (Phi) is 3.61. The van der Waals surface area contributed by atoms with Crippen molar-refractivity contribution in [3.05, 3.63) is 11.8 Å². The number of imide groups is 1. The lowest BCUT2D eigenvalue weighted by molar-refractivity contribution is -0.134. The number of hydrogen-bond acceptors (Lipinski definition) is 4. The van der Waals surface area contributed by atoms with Gasteiger partial charge in [0.25, 0.3) is 11.8 Å². The summed E-state index contributed by atoms with van der Waals surface area (Å²) >= 11 is 0. The second-order valence-corrected chi connectivity index (χ2v) is 8.32. The normalized spacial score (nSPS) is 33.3. The van der Waals surface area contributed by atoms with E-state index in [9.17, 15) is 14.4 Å². The molecule has 4 atom stereocenters. The van der Waals surface area contributed by atoms with Crippen LogP contribution in [-0.2, 0) is 16.6 Å². The minimum Gasteiger partial charge on any atom is -0.309 e. The number of aryl methyl sites for hydroxylation is 2. The lowest BCUT2D eigenvalue weighted by Gasteiger charge is -2.31. The monoisotopic (exact) mass is 371 g/mol. The lowest BCUT2D eigenvalue weighted by atomic mass is 9.84. The van der Waals surface area contributed by atoms with Gasteiger partial charge in [-0.15, -0.1) is 0 Å². The van der Waals surface area contributed by atoms with Crippen LogP contribution in [-0.4, -0.2) is 62.1 Å². The number of anilines is 1. The van der Waals surface area contributed by atoms with Crippen LogP contribution >= 0.6 is 0 Å². The molecule has 27 heavy (non-hydrogen) atoms. The summed E-state index contributed by atoms with van der Waals surface area (Å²) in [6.07, 6.45) is 5.63. The predicted molar refractivity (Wildman–Crippen MR) is 96.9 cm³/mol. The minimum atomic E-state index is -0.687. The second kappa shape index (κ2) is 5.81. The number of aromatic nitrogens is 2. The molecule has 4 amide bonds. The first-order chi connectivity index (χ1) is 13.0. The van der Waals surface area contributed by atoms with E-state index in [1.54, 1.807) is 21.5 Å². The first-order valence-corrected chi connectivity index (χ1v) is 9.94. The molecule has 0 bridgehead atoms. The van der Waals surface area contributed by atoms with Gasteiger partial charge in [-0.3, -0.25) is 19.2 Å². The topological polar surface area (TPSA) is 78.8 Å². The van der Waals surface area contributed by atoms with Crippen LogP contribution in [0.25, 0.3) is 0 Å². The first-order valence-electron chi connectivity index (χ1n) is 9.94. The Morgan fingerprint density at radius 3 is 2.56 bits per heavy atom. The number of fused-ring (bicyclic) bond motifs is 3. The van der Waals surface area contributed by atoms with Gasteiger partial charge in [0.15, 0.2) is 0 Å². The lowest BCUT2D eigenvalue weighted by Crippen LogP contribution is -2.48. The SMILES string of the molecule is Cc1cc(N2CCC(N3C(=O)C4CC5CCCCC5N4C3=O)C2=O)n(C)n1. The maximum Gasteiger partial charge on any atom is 0.328 e. The van der Waals surface area contributed by atoms with E-state index < -0.39 is 6.04 Å². The number of hydrogen-bond donors (Lipinski definition) is 0. The molecule has 8 nitrogen and oxygen atoms in total. The van der Waals surface area contributed by atoms with Gasteiger partial charge in [0.05, 0.1) is 5.69 Å². The zero-order valence-electron chi connectivity index (χ0n) is 15.8. The predicted octanol–water partition coefficient (Wildman–Crippen LogP) is 1.43. The fourth-order valence-electron chi connectivity index (χ4n) is 5.60. The third-order valence-corrected chi connectivity index (χ3v) is 6.78. The summed E-state index contributed by atoms with van der Waals surface area (Å²) in [5, 5.41) is 4.30. The first kappa shape index (κ1) is 16.8. The van der Waals surface area contributed by atoms with Crippen LogP contribution in [0.4, 0.5) is 10.6 Å². The molecule has 0 radical (unpaired) electrons. The van der Waals surface area contributed by atoms with Crippen molar-refractivity contribution in [2.45, 2.75) is 63.6 Å². The summed E-state index contributed by atoms with van der Waals surface area (Å²) < 4.78 is 1.67. The maximum atomic E-state index is 13.1. The fraction of sp³-hybridized carbons (Fsp3) is 0.684. The number of nitrogens with zero attached hydrogens (tertiary/aromatic N) is 5. The van der Waals surface area contributed by atoms with Crippen LogP contribution in [0.1, 0.15) is 44.2 Å². The highest BCUT2D eigenvalue weighted by Gasteiger charge is 2.58. The summed E-state index contributed by atoms with van der Waals surface area (Å²) in [4.78, 5) is 44.0. The number of carbonyl (C=O) groups excluding carboxylic acids is 3. The average molecular weight is 371 g/mol. The molecule has 1 saturated carbocycles. The Morgan fingerprint density at radius 2 is 1.81 bits per heavy atom. The largest absolute Gasteiger partial charge is 0.328 e. The molecule has 0 aromatic carbocycles. The zero-order valence-corrected chi connectivity index (χ0v) is 15.8. The molecule has 0 N–H and O–H groups in total. The van der Waals surface area contributed by atoms with Gasteiger partial charge >= 0.3 is 6.03 Å². The van der Waals surface area contributed by atoms with Crippen molar-refractivity contribution in [3.63, 3.8) is 0 Å². The van der Waals surface area contributed by atoms with Gasteiger partial charge in [-0.2, -0.15) is 5.10 Å². The van der Waals surface area contributed by atoms with E-state index in [0.29, 0.717) is 24.7 Å². The molecule has 4 unspecified atom stereocenters. The van der Waals surface area contributed by atoms with E-state index in [2.05, 4.69) is 5.10 Å². The van der Waals surface area contributed by atoms with E-state index in [1.807, 2.05) is 13.0 Å². The molecule has 3 aliphatic heterocycles. The van der Waals surface area contributed by atoms with E-state index in [0.717, 1.165) is 31.4 Å². The third-order valence-electron chi connectivity index (χ3n) is 6.78. The molecule has 4 fully saturated rings. The number of amides is 4. The molecular formula is C19H25N5O3. The molecule has 1 aliphatic carbocycles. The van der Waals surface area contributed by atoms with Crippen molar-refractivity contribution >= 4 is 23.7 Å². The molecule has 8 heteroatoms. The standard InChI is InChI=1S/C19H25N5O3/c1-11-9-16(21(2)20-11)22-8-7-14(17(22)25)24-18(26)15-10-12-5-3-4-6-13(12)23(15)19(24)27/h9,12-15H,3-8,10H2,1-2H3. The van der Waals surface area contributed by atoms with Crippen molar-refractivity contribution in [2.75, 3.05) is 11.4 Å². The van der Waals surface area contributed by atoms with Crippen molar-refractivity contribution in [1.82, 2.24) is 19.6 Å². The summed E-state index contributed by atoms with van der Waals surface area (Å²) in [6, 6.07) is 0.747. The van der Waals surface area contributed by atoms with E-state index in [1.165, 1.54) is 11.3 Å². The quantitative estimate of drug-likeness (QED) is 0.737. The van der Waals surface area contributed by atoms with Gasteiger partial charge in [-0.1, -0.05) is 12.8 Å².